The Morgan fingerprint density at radius 1 is 1.11 bits per heavy atom. The first-order chi connectivity index (χ1) is 17.0. The highest BCUT2D eigenvalue weighted by Crippen LogP contribution is 2.61. The summed E-state index contributed by atoms with van der Waals surface area (Å²) >= 11 is 0. The highest BCUT2D eigenvalue weighted by Gasteiger charge is 2.67. The molecule has 1 aromatic heterocycles. The molecule has 3 rings (SSSR count). The molecule has 0 aromatic carbocycles. The molecule has 3 heterocycles. The van der Waals surface area contributed by atoms with Crippen LogP contribution in [0.4, 0.5) is 0 Å². The summed E-state index contributed by atoms with van der Waals surface area (Å²) < 4.78 is 48.4. The molecule has 2 aliphatic heterocycles. The average molecular weight is 592 g/mol. The van der Waals surface area contributed by atoms with Crippen molar-refractivity contribution in [1.29, 1.82) is 0 Å². The van der Waals surface area contributed by atoms with Crippen LogP contribution in [0.5, 0.6) is 0 Å². The molecule has 1 aromatic rings. The van der Waals surface area contributed by atoms with Gasteiger partial charge in [0.2, 0.25) is 0 Å². The number of aromatic nitrogens is 2. The van der Waals surface area contributed by atoms with Crippen molar-refractivity contribution < 1.29 is 26.9 Å². The minimum Gasteiger partial charge on any atom is -0.414 e. The van der Waals surface area contributed by atoms with E-state index in [-0.39, 0.29) is 22.4 Å². The molecule has 0 amide bonds. The Labute approximate surface area is 228 Å². The van der Waals surface area contributed by atoms with Gasteiger partial charge in [0.15, 0.2) is 28.5 Å². The van der Waals surface area contributed by atoms with E-state index in [1.165, 1.54) is 10.8 Å². The van der Waals surface area contributed by atoms with Gasteiger partial charge in [-0.25, -0.2) is 4.79 Å². The maximum Gasteiger partial charge on any atom is 0.330 e. The van der Waals surface area contributed by atoms with Crippen LogP contribution in [0.25, 0.3) is 0 Å². The van der Waals surface area contributed by atoms with E-state index in [1.54, 1.807) is 6.92 Å². The van der Waals surface area contributed by atoms with Crippen LogP contribution >= 0.6 is 10.9 Å². The third-order valence-corrected chi connectivity index (χ3v) is 18.5. The van der Waals surface area contributed by atoms with Crippen LogP contribution in [-0.4, -0.2) is 59.7 Å². The number of hydrogen-bond donors (Lipinski definition) is 4. The van der Waals surface area contributed by atoms with Gasteiger partial charge >= 0.3 is 5.69 Å². The van der Waals surface area contributed by atoms with E-state index in [9.17, 15) is 18.7 Å². The quantitative estimate of drug-likeness (QED) is 0.352. The molecular formula is C24H45N3O8SSi2. The summed E-state index contributed by atoms with van der Waals surface area (Å²) in [5.74, 6) is 0. The van der Waals surface area contributed by atoms with Crippen LogP contribution in [0.15, 0.2) is 26.9 Å². The van der Waals surface area contributed by atoms with Gasteiger partial charge in [-0.1, -0.05) is 41.5 Å². The molecule has 14 heteroatoms. The summed E-state index contributed by atoms with van der Waals surface area (Å²) in [4.78, 5) is 27.5. The van der Waals surface area contributed by atoms with Crippen molar-refractivity contribution in [2.75, 3.05) is 6.61 Å². The van der Waals surface area contributed by atoms with Gasteiger partial charge in [0.05, 0.1) is 12.3 Å². The van der Waals surface area contributed by atoms with Crippen LogP contribution in [0.3, 0.4) is 0 Å². The monoisotopic (exact) mass is 591 g/mol. The molecule has 1 spiro atoms. The fraction of sp³-hybridized carbons (Fsp3) is 0.750. The standard InChI is InChI=1S/C24H45N3O8SSi2/c1-15-12-27(21(29)26-19(15)28)20-18(34-38(10,11)23(5,6)7)24(16(25)14-36(30,31)35-24)17(33-20)13-32-37(8,9)22(2,3)4/h12,14,17-18,20,30-31H,13,25H2,1-11H3,(H,26,28,29)/t17-,18+,20-,24-/m1/s1. The molecular weight excluding hydrogens is 547 g/mol. The zero-order chi connectivity index (χ0) is 29.3. The van der Waals surface area contributed by atoms with Crippen molar-refractivity contribution in [2.45, 2.75) is 109 Å². The topological polar surface area (TPSA) is 158 Å². The highest BCUT2D eigenvalue weighted by molar-refractivity contribution is 8.23. The maximum atomic E-state index is 13.0. The molecule has 2 aliphatic rings. The number of H-pyrrole nitrogens is 1. The van der Waals surface area contributed by atoms with Crippen molar-refractivity contribution >= 4 is 27.5 Å². The molecule has 38 heavy (non-hydrogen) atoms. The smallest absolute Gasteiger partial charge is 0.330 e. The van der Waals surface area contributed by atoms with Crippen LogP contribution in [0.1, 0.15) is 53.3 Å². The van der Waals surface area contributed by atoms with Gasteiger partial charge in [0.1, 0.15) is 23.1 Å². The lowest BCUT2D eigenvalue weighted by molar-refractivity contribution is -0.0577. The van der Waals surface area contributed by atoms with E-state index < -0.39 is 62.8 Å². The molecule has 0 saturated carbocycles. The lowest BCUT2D eigenvalue weighted by Crippen LogP contribution is -2.59. The fourth-order valence-electron chi connectivity index (χ4n) is 4.01. The van der Waals surface area contributed by atoms with Crippen LogP contribution < -0.4 is 17.0 Å². The normalized spacial score (nSPS) is 29.1. The lowest BCUT2D eigenvalue weighted by atomic mass is 9.89. The Morgan fingerprint density at radius 2 is 1.66 bits per heavy atom. The summed E-state index contributed by atoms with van der Waals surface area (Å²) in [5, 5.41) is 0.740. The van der Waals surface area contributed by atoms with Crippen LogP contribution in [-0.2, 0) is 17.8 Å². The molecule has 0 unspecified atom stereocenters. The Kier molecular flexibility index (Phi) is 7.99. The number of nitrogens with one attached hydrogen (secondary N) is 1. The molecule has 5 N–H and O–H groups in total. The van der Waals surface area contributed by atoms with E-state index in [4.69, 9.17) is 23.5 Å². The molecule has 0 radical (unpaired) electrons. The van der Waals surface area contributed by atoms with Crippen molar-refractivity contribution in [3.8, 4) is 0 Å². The van der Waals surface area contributed by atoms with Gasteiger partial charge in [-0.2, -0.15) is 0 Å². The van der Waals surface area contributed by atoms with Gasteiger partial charge in [-0.3, -0.25) is 18.5 Å². The number of aromatic amines is 1. The van der Waals surface area contributed by atoms with Crippen molar-refractivity contribution in [3.63, 3.8) is 0 Å². The average Bonchev–Trinajstić information content (AvgIpc) is 3.14. The van der Waals surface area contributed by atoms with Crippen molar-refractivity contribution in [2.24, 2.45) is 5.73 Å². The van der Waals surface area contributed by atoms with E-state index in [0.29, 0.717) is 5.56 Å². The lowest BCUT2D eigenvalue weighted by Gasteiger charge is -2.44. The second-order valence-corrected chi connectivity index (χ2v) is 24.4. The summed E-state index contributed by atoms with van der Waals surface area (Å²) in [6, 6.07) is 0. The predicted molar refractivity (Wildman–Crippen MR) is 154 cm³/mol. The van der Waals surface area contributed by atoms with E-state index >= 15 is 0 Å². The van der Waals surface area contributed by atoms with Gasteiger partial charge in [0, 0.05) is 17.2 Å². The fourth-order valence-corrected chi connectivity index (χ4v) is 7.56. The number of rotatable bonds is 6. The minimum absolute atomic E-state index is 0.0193. The van der Waals surface area contributed by atoms with Gasteiger partial charge in [-0.05, 0) is 43.2 Å². The minimum atomic E-state index is -3.68. The summed E-state index contributed by atoms with van der Waals surface area (Å²) in [5.41, 5.74) is 4.01. The summed E-state index contributed by atoms with van der Waals surface area (Å²) in [7, 11) is -8.56. The second kappa shape index (κ2) is 9.70. The number of ether oxygens (including phenoxy) is 1. The maximum absolute atomic E-state index is 13.0. The molecule has 1 saturated heterocycles. The molecule has 4 atom stereocenters. The summed E-state index contributed by atoms with van der Waals surface area (Å²) in [6.07, 6.45) is -1.68. The first kappa shape index (κ1) is 31.3. The largest absolute Gasteiger partial charge is 0.414 e. The van der Waals surface area contributed by atoms with Crippen molar-refractivity contribution in [1.82, 2.24) is 9.55 Å². The molecule has 11 nitrogen and oxygen atoms in total. The first-order valence-corrected chi connectivity index (χ1v) is 20.1. The zero-order valence-corrected chi connectivity index (χ0v) is 27.2. The van der Waals surface area contributed by atoms with Crippen LogP contribution in [0, 0.1) is 6.92 Å². The second-order valence-electron chi connectivity index (χ2n) is 13.4. The van der Waals surface area contributed by atoms with Crippen molar-refractivity contribution in [3.05, 3.63) is 43.7 Å². The van der Waals surface area contributed by atoms with Crippen LogP contribution in [0.2, 0.25) is 36.3 Å². The Bertz CT molecular complexity index is 1210. The Hall–Kier alpha value is -1.24. The highest BCUT2D eigenvalue weighted by atomic mass is 32.3. The van der Waals surface area contributed by atoms with Gasteiger partial charge in [0.25, 0.3) is 5.56 Å². The third-order valence-electron chi connectivity index (χ3n) is 8.51. The number of hydrogen-bond acceptors (Lipinski definition) is 9. The molecule has 218 valence electrons. The molecule has 0 bridgehead atoms. The van der Waals surface area contributed by atoms with E-state index in [0.717, 1.165) is 5.41 Å². The Balaban J connectivity index is 2.22. The summed E-state index contributed by atoms with van der Waals surface area (Å²) in [6.45, 7) is 22.4. The molecule has 0 aliphatic carbocycles. The number of nitrogens with two attached hydrogens (primary N) is 1. The molecule has 1 fully saturated rings. The van der Waals surface area contributed by atoms with E-state index in [2.05, 4.69) is 59.6 Å². The number of aryl methyl sites for hydroxylation is 1. The predicted octanol–water partition coefficient (Wildman–Crippen LogP) is 4.39. The van der Waals surface area contributed by atoms with E-state index in [1.807, 2.05) is 13.1 Å². The SMILES string of the molecule is Cc1cn([C@@H]2O[C@H](CO[Si](C)(C)C(C)(C)C)[C@@]3(OS(O)(O)C=C3N)[C@H]2O[Si](C)(C)C(C)(C)C)c(=O)[nH]c1=O. The van der Waals surface area contributed by atoms with Gasteiger partial charge < -0.3 is 28.4 Å². The zero-order valence-electron chi connectivity index (χ0n) is 24.4. The number of nitrogens with zero attached hydrogens (tertiary/aromatic N) is 1. The first-order valence-electron chi connectivity index (χ1n) is 12.7. The third kappa shape index (κ3) is 5.52. The Morgan fingerprint density at radius 3 is 2.13 bits per heavy atom. The van der Waals surface area contributed by atoms with Gasteiger partial charge in [-0.15, -0.1) is 0 Å².